The van der Waals surface area contributed by atoms with E-state index in [1.54, 1.807) is 24.3 Å². The number of rotatable bonds is 3. The van der Waals surface area contributed by atoms with E-state index < -0.39 is 5.60 Å². The molecule has 5 heteroatoms. The van der Waals surface area contributed by atoms with E-state index in [4.69, 9.17) is 19.5 Å². The molecule has 0 saturated heterocycles. The van der Waals surface area contributed by atoms with Gasteiger partial charge in [0.1, 0.15) is 25.9 Å². The van der Waals surface area contributed by atoms with Crippen LogP contribution in [-0.4, -0.2) is 23.9 Å². The van der Waals surface area contributed by atoms with Crippen LogP contribution in [0.25, 0.3) is 0 Å². The van der Waals surface area contributed by atoms with Crippen LogP contribution < -0.4 is 14.2 Å². The summed E-state index contributed by atoms with van der Waals surface area (Å²) in [5.74, 6) is 1.38. The molecule has 22 heavy (non-hydrogen) atoms. The van der Waals surface area contributed by atoms with Crippen LogP contribution in [0.5, 0.6) is 17.2 Å². The molecule has 2 aromatic rings. The second-order valence-corrected chi connectivity index (χ2v) is 5.08. The van der Waals surface area contributed by atoms with Crippen molar-refractivity contribution in [2.75, 3.05) is 13.2 Å². The fourth-order valence-electron chi connectivity index (χ4n) is 2.10. The molecule has 1 atom stereocenters. The van der Waals surface area contributed by atoms with Gasteiger partial charge in [0.25, 0.3) is 0 Å². The summed E-state index contributed by atoms with van der Waals surface area (Å²) in [5.41, 5.74) is -0.626. The summed E-state index contributed by atoms with van der Waals surface area (Å²) in [4.78, 5) is 0. The molecule has 0 aromatic heterocycles. The highest BCUT2D eigenvalue weighted by molar-refractivity contribution is 5.52. The number of hydrogen-bond donors (Lipinski definition) is 1. The van der Waals surface area contributed by atoms with Crippen LogP contribution in [0, 0.1) is 11.3 Å². The van der Waals surface area contributed by atoms with Crippen molar-refractivity contribution in [1.29, 1.82) is 5.26 Å². The molecule has 0 radical (unpaired) electrons. The normalized spacial score (nSPS) is 19.8. The number of ether oxygens (including phenoxy) is 3. The van der Waals surface area contributed by atoms with Crippen molar-refractivity contribution in [1.82, 2.24) is 0 Å². The average molecular weight is 297 g/mol. The lowest BCUT2D eigenvalue weighted by Gasteiger charge is -2.15. The Bertz CT molecular complexity index is 696. The SMILES string of the molecule is N#CC1(O)COc2cccc(OCc3ccccc3)c2OC1. The Morgan fingerprint density at radius 3 is 2.64 bits per heavy atom. The van der Waals surface area contributed by atoms with Gasteiger partial charge in [-0.25, -0.2) is 0 Å². The highest BCUT2D eigenvalue weighted by Crippen LogP contribution is 2.39. The van der Waals surface area contributed by atoms with Crippen LogP contribution in [0.4, 0.5) is 0 Å². The van der Waals surface area contributed by atoms with Crippen molar-refractivity contribution in [2.45, 2.75) is 12.2 Å². The molecule has 1 heterocycles. The van der Waals surface area contributed by atoms with Gasteiger partial charge in [-0.3, -0.25) is 0 Å². The molecule has 0 saturated carbocycles. The second kappa shape index (κ2) is 5.96. The lowest BCUT2D eigenvalue weighted by molar-refractivity contribution is 0.0189. The number of aliphatic hydroxyl groups is 1. The molecule has 3 rings (SSSR count). The van der Waals surface area contributed by atoms with Gasteiger partial charge in [0.2, 0.25) is 11.4 Å². The van der Waals surface area contributed by atoms with Gasteiger partial charge in [-0.05, 0) is 17.7 Å². The minimum Gasteiger partial charge on any atom is -0.485 e. The fourth-order valence-corrected chi connectivity index (χ4v) is 2.10. The maximum Gasteiger partial charge on any atom is 0.219 e. The summed E-state index contributed by atoms with van der Waals surface area (Å²) < 4.78 is 16.8. The molecule has 0 bridgehead atoms. The standard InChI is InChI=1S/C17H15NO4/c18-10-17(19)11-21-15-8-4-7-14(16(15)22-12-17)20-9-13-5-2-1-3-6-13/h1-8,19H,9,11-12H2. The van der Waals surface area contributed by atoms with E-state index in [1.165, 1.54) is 0 Å². The van der Waals surface area contributed by atoms with Gasteiger partial charge in [-0.15, -0.1) is 0 Å². The molecule has 112 valence electrons. The quantitative estimate of drug-likeness (QED) is 0.880. The maximum atomic E-state index is 9.98. The predicted molar refractivity (Wildman–Crippen MR) is 78.8 cm³/mol. The summed E-state index contributed by atoms with van der Waals surface area (Å²) in [6.07, 6.45) is 0. The van der Waals surface area contributed by atoms with E-state index in [0.29, 0.717) is 23.9 Å². The van der Waals surface area contributed by atoms with E-state index in [2.05, 4.69) is 0 Å². The lowest BCUT2D eigenvalue weighted by atomic mass is 10.1. The van der Waals surface area contributed by atoms with E-state index in [9.17, 15) is 5.11 Å². The Kier molecular flexibility index (Phi) is 3.86. The largest absolute Gasteiger partial charge is 0.485 e. The molecule has 1 aliphatic rings. The molecule has 1 N–H and O–H groups in total. The van der Waals surface area contributed by atoms with E-state index in [-0.39, 0.29) is 13.2 Å². The highest BCUT2D eigenvalue weighted by atomic mass is 16.6. The molecule has 1 unspecified atom stereocenters. The molecular weight excluding hydrogens is 282 g/mol. The van der Waals surface area contributed by atoms with Crippen molar-refractivity contribution in [2.24, 2.45) is 0 Å². The van der Waals surface area contributed by atoms with Crippen molar-refractivity contribution < 1.29 is 19.3 Å². The summed E-state index contributed by atoms with van der Waals surface area (Å²) in [7, 11) is 0. The third-order valence-electron chi connectivity index (χ3n) is 3.31. The van der Waals surface area contributed by atoms with Crippen molar-refractivity contribution in [3.8, 4) is 23.3 Å². The zero-order chi connectivity index (χ0) is 15.4. The number of hydrogen-bond acceptors (Lipinski definition) is 5. The Morgan fingerprint density at radius 2 is 1.86 bits per heavy atom. The molecule has 0 fully saturated rings. The number of nitrogens with zero attached hydrogens (tertiary/aromatic N) is 1. The predicted octanol–water partition coefficient (Wildman–Crippen LogP) is 2.29. The third-order valence-corrected chi connectivity index (χ3v) is 3.31. The molecule has 0 aliphatic carbocycles. The monoisotopic (exact) mass is 297 g/mol. The van der Waals surface area contributed by atoms with Gasteiger partial charge < -0.3 is 19.3 Å². The fraction of sp³-hybridized carbons (Fsp3) is 0.235. The van der Waals surface area contributed by atoms with E-state index >= 15 is 0 Å². The minimum atomic E-state index is -1.66. The summed E-state index contributed by atoms with van der Waals surface area (Å²) in [5, 5.41) is 19.0. The first-order valence-corrected chi connectivity index (χ1v) is 6.89. The zero-order valence-electron chi connectivity index (χ0n) is 11.9. The maximum absolute atomic E-state index is 9.98. The number of fused-ring (bicyclic) bond motifs is 1. The van der Waals surface area contributed by atoms with Crippen LogP contribution in [0.1, 0.15) is 5.56 Å². The summed E-state index contributed by atoms with van der Waals surface area (Å²) in [6, 6.07) is 16.8. The first-order chi connectivity index (χ1) is 10.7. The summed E-state index contributed by atoms with van der Waals surface area (Å²) >= 11 is 0. The zero-order valence-corrected chi connectivity index (χ0v) is 11.9. The topological polar surface area (TPSA) is 71.7 Å². The Hall–Kier alpha value is -2.71. The van der Waals surface area contributed by atoms with Gasteiger partial charge in [-0.2, -0.15) is 5.26 Å². The molecular formula is C17H15NO4. The van der Waals surface area contributed by atoms with Crippen LogP contribution in [0.3, 0.4) is 0 Å². The molecule has 0 amide bonds. The van der Waals surface area contributed by atoms with Crippen LogP contribution in [0.15, 0.2) is 48.5 Å². The Balaban J connectivity index is 1.79. The molecule has 1 aliphatic heterocycles. The Morgan fingerprint density at radius 1 is 1.09 bits per heavy atom. The van der Waals surface area contributed by atoms with Crippen LogP contribution >= 0.6 is 0 Å². The van der Waals surface area contributed by atoms with Crippen molar-refractivity contribution in [3.63, 3.8) is 0 Å². The smallest absolute Gasteiger partial charge is 0.219 e. The van der Waals surface area contributed by atoms with Crippen LogP contribution in [-0.2, 0) is 6.61 Å². The second-order valence-electron chi connectivity index (χ2n) is 5.08. The molecule has 2 aromatic carbocycles. The lowest BCUT2D eigenvalue weighted by Crippen LogP contribution is -2.39. The van der Waals surface area contributed by atoms with Gasteiger partial charge in [0.15, 0.2) is 11.5 Å². The minimum absolute atomic E-state index is 0.140. The van der Waals surface area contributed by atoms with E-state index in [0.717, 1.165) is 5.56 Å². The Labute approximate surface area is 128 Å². The van der Waals surface area contributed by atoms with E-state index in [1.807, 2.05) is 30.3 Å². The number of para-hydroxylation sites is 1. The van der Waals surface area contributed by atoms with Crippen molar-refractivity contribution >= 4 is 0 Å². The van der Waals surface area contributed by atoms with Gasteiger partial charge in [-0.1, -0.05) is 36.4 Å². The van der Waals surface area contributed by atoms with Crippen molar-refractivity contribution in [3.05, 3.63) is 54.1 Å². The molecule has 5 nitrogen and oxygen atoms in total. The number of nitriles is 1. The number of benzene rings is 2. The first kappa shape index (κ1) is 14.2. The van der Waals surface area contributed by atoms with Gasteiger partial charge in [0, 0.05) is 0 Å². The highest BCUT2D eigenvalue weighted by Gasteiger charge is 2.33. The summed E-state index contributed by atoms with van der Waals surface area (Å²) in [6.45, 7) is 0.0873. The van der Waals surface area contributed by atoms with Crippen LogP contribution in [0.2, 0.25) is 0 Å². The average Bonchev–Trinajstić information content (AvgIpc) is 2.74. The molecule has 0 spiro atoms. The van der Waals surface area contributed by atoms with Gasteiger partial charge >= 0.3 is 0 Å². The van der Waals surface area contributed by atoms with Gasteiger partial charge in [0.05, 0.1) is 0 Å². The third kappa shape index (κ3) is 2.97. The first-order valence-electron chi connectivity index (χ1n) is 6.89.